The fraction of sp³-hybridized carbons (Fsp3) is 0.423. The number of nitrogens with two attached hydrogens (primary N) is 1. The zero-order chi connectivity index (χ0) is 24.6. The highest BCUT2D eigenvalue weighted by Gasteiger charge is 2.30. The van der Waals surface area contributed by atoms with E-state index in [0.29, 0.717) is 29.9 Å². The monoisotopic (exact) mass is 497 g/mol. The summed E-state index contributed by atoms with van der Waals surface area (Å²) < 4.78 is 15.9. The van der Waals surface area contributed by atoms with Crippen molar-refractivity contribution in [1.29, 1.82) is 0 Å². The average Bonchev–Trinajstić information content (AvgIpc) is 2.88. The molecule has 2 aromatic carbocycles. The van der Waals surface area contributed by atoms with E-state index in [4.69, 9.17) is 19.9 Å². The number of hydrogen-bond acceptors (Lipinski definition) is 9. The zero-order valence-corrected chi connectivity index (χ0v) is 20.7. The van der Waals surface area contributed by atoms with E-state index in [1.54, 1.807) is 19.2 Å². The number of ketones is 1. The molecule has 2 atom stereocenters. The predicted molar refractivity (Wildman–Crippen MR) is 136 cm³/mol. The zero-order valence-electron chi connectivity index (χ0n) is 19.9. The average molecular weight is 498 g/mol. The Labute approximate surface area is 209 Å². The number of carbonyl (C=O) groups is 2. The van der Waals surface area contributed by atoms with E-state index in [1.807, 2.05) is 48.3 Å². The largest absolute Gasteiger partial charge is 0.475 e. The number of benzene rings is 2. The van der Waals surface area contributed by atoms with Crippen LogP contribution in [0.25, 0.3) is 0 Å². The van der Waals surface area contributed by atoms with Gasteiger partial charge in [0, 0.05) is 48.7 Å². The number of esters is 1. The van der Waals surface area contributed by atoms with Crippen molar-refractivity contribution in [3.8, 4) is 5.75 Å². The van der Waals surface area contributed by atoms with Crippen LogP contribution in [0.2, 0.25) is 0 Å². The smallest absolute Gasteiger partial charge is 0.306 e. The van der Waals surface area contributed by atoms with Gasteiger partial charge in [0.15, 0.2) is 12.0 Å². The molecule has 0 saturated carbocycles. The van der Waals surface area contributed by atoms with Crippen LogP contribution < -0.4 is 10.5 Å². The van der Waals surface area contributed by atoms with E-state index in [0.717, 1.165) is 35.7 Å². The number of ether oxygens (including phenoxy) is 3. The van der Waals surface area contributed by atoms with Gasteiger partial charge in [-0.1, -0.05) is 24.3 Å². The molecule has 2 N–H and O–H groups in total. The van der Waals surface area contributed by atoms with Crippen LogP contribution >= 0.6 is 11.8 Å². The maximum atomic E-state index is 13.1. The molecule has 0 aromatic heterocycles. The number of rotatable bonds is 9. The standard InChI is InChI=1S/C26H31N3O5S/c1-32-10-11-33-24(30)16-22-15-21-14-20(6-7-23(21)34-26(22)27)25(31)19-4-2-18(3-5-19)17-28-29-8-12-35-13-9-29/h2-7,14,17,22,26H,8-13,15-16,27H2,1H3. The number of hydrazone groups is 1. The van der Waals surface area contributed by atoms with E-state index in [1.165, 1.54) is 0 Å². The lowest BCUT2D eigenvalue weighted by molar-refractivity contribution is -0.147. The lowest BCUT2D eigenvalue weighted by Gasteiger charge is -2.30. The summed E-state index contributed by atoms with van der Waals surface area (Å²) >= 11 is 1.95. The molecule has 35 heavy (non-hydrogen) atoms. The normalized spacial score (nSPS) is 19.8. The first-order valence-corrected chi connectivity index (χ1v) is 12.9. The van der Waals surface area contributed by atoms with Crippen LogP contribution in [0.5, 0.6) is 5.75 Å². The maximum Gasteiger partial charge on any atom is 0.306 e. The predicted octanol–water partition coefficient (Wildman–Crippen LogP) is 2.72. The molecule has 0 spiro atoms. The van der Waals surface area contributed by atoms with Crippen molar-refractivity contribution < 1.29 is 23.8 Å². The molecule has 0 bridgehead atoms. The highest BCUT2D eigenvalue weighted by Crippen LogP contribution is 2.32. The summed E-state index contributed by atoms with van der Waals surface area (Å²) in [4.78, 5) is 25.2. The summed E-state index contributed by atoms with van der Waals surface area (Å²) in [5, 5.41) is 6.61. The summed E-state index contributed by atoms with van der Waals surface area (Å²) in [6.07, 6.45) is 1.89. The Morgan fingerprint density at radius 2 is 1.89 bits per heavy atom. The van der Waals surface area contributed by atoms with Crippen LogP contribution in [0, 0.1) is 5.92 Å². The summed E-state index contributed by atoms with van der Waals surface area (Å²) in [5.41, 5.74) is 9.11. The van der Waals surface area contributed by atoms with Crippen molar-refractivity contribution in [2.45, 2.75) is 19.1 Å². The van der Waals surface area contributed by atoms with Gasteiger partial charge in [-0.25, -0.2) is 0 Å². The second-order valence-electron chi connectivity index (χ2n) is 8.55. The molecule has 4 rings (SSSR count). The molecule has 0 amide bonds. The van der Waals surface area contributed by atoms with E-state index in [9.17, 15) is 9.59 Å². The Bertz CT molecular complexity index is 1050. The molecular formula is C26H31N3O5S. The second kappa shape index (κ2) is 12.2. The van der Waals surface area contributed by atoms with E-state index < -0.39 is 6.23 Å². The Kier molecular flexibility index (Phi) is 8.79. The SMILES string of the molecule is COCCOC(=O)CC1Cc2cc(C(=O)c3ccc(C=NN4CCSCC4)cc3)ccc2OC1N. The molecule has 9 heteroatoms. The molecule has 1 saturated heterocycles. The van der Waals surface area contributed by atoms with Gasteiger partial charge in [-0.15, -0.1) is 0 Å². The summed E-state index contributed by atoms with van der Waals surface area (Å²) in [5.74, 6) is 2.18. The molecular weight excluding hydrogens is 466 g/mol. The summed E-state index contributed by atoms with van der Waals surface area (Å²) in [6, 6.07) is 12.8. The highest BCUT2D eigenvalue weighted by atomic mass is 32.2. The topological polar surface area (TPSA) is 103 Å². The molecule has 2 aliphatic rings. The Balaban J connectivity index is 1.39. The number of hydrogen-bond donors (Lipinski definition) is 1. The molecule has 2 aliphatic heterocycles. The summed E-state index contributed by atoms with van der Waals surface area (Å²) in [6.45, 7) is 2.47. The molecule has 1 fully saturated rings. The molecule has 2 aromatic rings. The minimum atomic E-state index is -0.614. The van der Waals surface area contributed by atoms with Crippen LogP contribution in [0.4, 0.5) is 0 Å². The minimum absolute atomic E-state index is 0.0743. The van der Waals surface area contributed by atoms with Crippen molar-refractivity contribution in [1.82, 2.24) is 5.01 Å². The van der Waals surface area contributed by atoms with Crippen LogP contribution in [-0.2, 0) is 20.7 Å². The van der Waals surface area contributed by atoms with Gasteiger partial charge >= 0.3 is 5.97 Å². The van der Waals surface area contributed by atoms with Gasteiger partial charge in [0.05, 0.1) is 19.2 Å². The van der Waals surface area contributed by atoms with Crippen molar-refractivity contribution in [2.75, 3.05) is 44.9 Å². The molecule has 0 aliphatic carbocycles. The first-order valence-electron chi connectivity index (χ1n) is 11.7. The molecule has 2 heterocycles. The third-order valence-electron chi connectivity index (χ3n) is 6.04. The number of methoxy groups -OCH3 is 1. The van der Waals surface area contributed by atoms with Gasteiger partial charge in [0.2, 0.25) is 0 Å². The fourth-order valence-corrected chi connectivity index (χ4v) is 4.93. The number of thioether (sulfide) groups is 1. The number of fused-ring (bicyclic) bond motifs is 1. The third-order valence-corrected chi connectivity index (χ3v) is 6.98. The fourth-order valence-electron chi connectivity index (χ4n) is 4.04. The molecule has 186 valence electrons. The minimum Gasteiger partial charge on any atom is -0.475 e. The van der Waals surface area contributed by atoms with Crippen molar-refractivity contribution in [2.24, 2.45) is 16.8 Å². The highest BCUT2D eigenvalue weighted by molar-refractivity contribution is 7.99. The van der Waals surface area contributed by atoms with Crippen molar-refractivity contribution in [3.05, 3.63) is 64.7 Å². The van der Waals surface area contributed by atoms with Gasteiger partial charge in [0.1, 0.15) is 12.4 Å². The number of carbonyl (C=O) groups excluding carboxylic acids is 2. The van der Waals surface area contributed by atoms with Crippen molar-refractivity contribution in [3.63, 3.8) is 0 Å². The Hall–Kier alpha value is -2.88. The first-order chi connectivity index (χ1) is 17.0. The van der Waals surface area contributed by atoms with Gasteiger partial charge in [-0.2, -0.15) is 16.9 Å². The molecule has 0 radical (unpaired) electrons. The lowest BCUT2D eigenvalue weighted by atomic mass is 9.90. The maximum absolute atomic E-state index is 13.1. The summed E-state index contributed by atoms with van der Waals surface area (Å²) in [7, 11) is 1.55. The van der Waals surface area contributed by atoms with Gasteiger partial charge < -0.3 is 14.2 Å². The van der Waals surface area contributed by atoms with Crippen LogP contribution in [0.15, 0.2) is 47.6 Å². The molecule has 8 nitrogen and oxygen atoms in total. The van der Waals surface area contributed by atoms with Crippen molar-refractivity contribution >= 4 is 29.7 Å². The molecule has 2 unspecified atom stereocenters. The van der Waals surface area contributed by atoms with E-state index >= 15 is 0 Å². The van der Waals surface area contributed by atoms with Gasteiger partial charge in [-0.05, 0) is 35.7 Å². The lowest BCUT2D eigenvalue weighted by Crippen LogP contribution is -2.41. The quantitative estimate of drug-likeness (QED) is 0.244. The van der Waals surface area contributed by atoms with Crippen LogP contribution in [0.3, 0.4) is 0 Å². The third kappa shape index (κ3) is 6.84. The number of nitrogens with zero attached hydrogens (tertiary/aromatic N) is 2. The van der Waals surface area contributed by atoms with Gasteiger partial charge in [0.25, 0.3) is 0 Å². The van der Waals surface area contributed by atoms with Gasteiger partial charge in [-0.3, -0.25) is 20.3 Å². The first kappa shape index (κ1) is 25.2. The van der Waals surface area contributed by atoms with E-state index in [-0.39, 0.29) is 30.7 Å². The van der Waals surface area contributed by atoms with Crippen LogP contribution in [-0.4, -0.2) is 74.1 Å². The van der Waals surface area contributed by atoms with Crippen LogP contribution in [0.1, 0.15) is 33.5 Å². The Morgan fingerprint density at radius 1 is 1.14 bits per heavy atom. The second-order valence-corrected chi connectivity index (χ2v) is 9.77. The van der Waals surface area contributed by atoms with E-state index in [2.05, 4.69) is 10.1 Å². The Morgan fingerprint density at radius 3 is 2.63 bits per heavy atom.